The molecule has 1 aliphatic rings. The summed E-state index contributed by atoms with van der Waals surface area (Å²) in [5.74, 6) is 1.97. The zero-order valence-electron chi connectivity index (χ0n) is 12.7. The van der Waals surface area contributed by atoms with Crippen molar-refractivity contribution in [1.82, 2.24) is 4.90 Å². The van der Waals surface area contributed by atoms with Gasteiger partial charge in [0.1, 0.15) is 5.75 Å². The molecular formula is C15H25IN4O. The standard InChI is InChI=1S/C15H24N4O.HI/c1-19-9-7-12(8-10-19)11-17-15(16)18-13-3-5-14(20-2)6-4-13;/h3-6,12H,7-11H2,1-2H3,(H3,16,17,18);1H. The molecule has 0 atom stereocenters. The number of likely N-dealkylation sites (tertiary alicyclic amines) is 1. The van der Waals surface area contributed by atoms with Crippen molar-refractivity contribution in [3.8, 4) is 5.75 Å². The van der Waals surface area contributed by atoms with Crippen LogP contribution in [0.2, 0.25) is 0 Å². The second kappa shape index (κ2) is 9.09. The lowest BCUT2D eigenvalue weighted by Gasteiger charge is -2.27. The van der Waals surface area contributed by atoms with Gasteiger partial charge in [0, 0.05) is 12.2 Å². The molecule has 1 aromatic carbocycles. The molecule has 5 nitrogen and oxygen atoms in total. The first kappa shape index (κ1) is 18.0. The highest BCUT2D eigenvalue weighted by atomic mass is 127. The zero-order chi connectivity index (χ0) is 14.4. The minimum Gasteiger partial charge on any atom is -0.497 e. The monoisotopic (exact) mass is 404 g/mol. The van der Waals surface area contributed by atoms with Crippen molar-refractivity contribution in [2.24, 2.45) is 16.6 Å². The number of piperidine rings is 1. The number of nitrogens with zero attached hydrogens (tertiary/aromatic N) is 2. The third kappa shape index (κ3) is 6.09. The molecule has 0 saturated carbocycles. The summed E-state index contributed by atoms with van der Waals surface area (Å²) in [7, 11) is 3.82. The summed E-state index contributed by atoms with van der Waals surface area (Å²) in [5, 5.41) is 3.10. The van der Waals surface area contributed by atoms with E-state index in [-0.39, 0.29) is 24.0 Å². The van der Waals surface area contributed by atoms with Crippen LogP contribution in [0.4, 0.5) is 5.69 Å². The van der Waals surface area contributed by atoms with Crippen LogP contribution in [-0.2, 0) is 0 Å². The smallest absolute Gasteiger partial charge is 0.193 e. The molecule has 0 spiro atoms. The molecule has 1 aliphatic heterocycles. The Morgan fingerprint density at radius 3 is 2.52 bits per heavy atom. The van der Waals surface area contributed by atoms with Gasteiger partial charge in [-0.2, -0.15) is 0 Å². The van der Waals surface area contributed by atoms with Gasteiger partial charge in [0.25, 0.3) is 0 Å². The minimum atomic E-state index is 0. The van der Waals surface area contributed by atoms with Crippen molar-refractivity contribution in [2.75, 3.05) is 39.1 Å². The summed E-state index contributed by atoms with van der Waals surface area (Å²) in [4.78, 5) is 6.80. The Kier molecular flexibility index (Phi) is 7.81. The van der Waals surface area contributed by atoms with Crippen LogP contribution in [0.3, 0.4) is 0 Å². The summed E-state index contributed by atoms with van der Waals surface area (Å²) < 4.78 is 5.12. The number of methoxy groups -OCH3 is 1. The Bertz CT molecular complexity index is 441. The van der Waals surface area contributed by atoms with Gasteiger partial charge in [0.2, 0.25) is 0 Å². The van der Waals surface area contributed by atoms with Gasteiger partial charge in [0.05, 0.1) is 7.11 Å². The van der Waals surface area contributed by atoms with Crippen LogP contribution in [0.1, 0.15) is 12.8 Å². The first-order valence-electron chi connectivity index (χ1n) is 7.07. The van der Waals surface area contributed by atoms with E-state index in [0.29, 0.717) is 11.9 Å². The quantitative estimate of drug-likeness (QED) is 0.460. The van der Waals surface area contributed by atoms with Crippen LogP contribution in [0, 0.1) is 5.92 Å². The van der Waals surface area contributed by atoms with E-state index in [0.717, 1.165) is 31.1 Å². The van der Waals surface area contributed by atoms with Crippen LogP contribution in [0.25, 0.3) is 0 Å². The summed E-state index contributed by atoms with van der Waals surface area (Å²) in [6.45, 7) is 3.13. The molecule has 0 aromatic heterocycles. The number of guanidine groups is 1. The molecule has 0 unspecified atom stereocenters. The number of nitrogens with two attached hydrogens (primary N) is 1. The van der Waals surface area contributed by atoms with Gasteiger partial charge in [0.15, 0.2) is 5.96 Å². The number of anilines is 1. The molecule has 1 fully saturated rings. The fourth-order valence-corrected chi connectivity index (χ4v) is 2.33. The highest BCUT2D eigenvalue weighted by Crippen LogP contribution is 2.17. The van der Waals surface area contributed by atoms with Gasteiger partial charge >= 0.3 is 0 Å². The Balaban J connectivity index is 0.00000220. The second-order valence-corrected chi connectivity index (χ2v) is 5.33. The number of hydrogen-bond acceptors (Lipinski definition) is 3. The fraction of sp³-hybridized carbons (Fsp3) is 0.533. The SMILES string of the molecule is COc1ccc(NC(N)=NCC2CCN(C)CC2)cc1.I. The molecule has 21 heavy (non-hydrogen) atoms. The van der Waals surface area contributed by atoms with E-state index in [1.165, 1.54) is 12.8 Å². The van der Waals surface area contributed by atoms with Crippen molar-refractivity contribution in [1.29, 1.82) is 0 Å². The zero-order valence-corrected chi connectivity index (χ0v) is 15.0. The molecule has 1 saturated heterocycles. The van der Waals surface area contributed by atoms with Crippen molar-refractivity contribution in [3.63, 3.8) is 0 Å². The van der Waals surface area contributed by atoms with Gasteiger partial charge in [-0.1, -0.05) is 0 Å². The normalized spacial score (nSPS) is 17.1. The van der Waals surface area contributed by atoms with E-state index in [4.69, 9.17) is 10.5 Å². The maximum atomic E-state index is 5.92. The van der Waals surface area contributed by atoms with Crippen molar-refractivity contribution < 1.29 is 4.74 Å². The number of aliphatic imine (C=N–C) groups is 1. The molecule has 0 bridgehead atoms. The lowest BCUT2D eigenvalue weighted by Crippen LogP contribution is -2.32. The highest BCUT2D eigenvalue weighted by Gasteiger charge is 2.15. The molecule has 2 rings (SSSR count). The Morgan fingerprint density at radius 2 is 1.95 bits per heavy atom. The lowest BCUT2D eigenvalue weighted by molar-refractivity contribution is 0.224. The maximum absolute atomic E-state index is 5.92. The minimum absolute atomic E-state index is 0. The molecular weight excluding hydrogens is 379 g/mol. The third-order valence-corrected chi connectivity index (χ3v) is 3.72. The Labute approximate surface area is 144 Å². The van der Waals surface area contributed by atoms with Crippen molar-refractivity contribution in [3.05, 3.63) is 24.3 Å². The molecule has 3 N–H and O–H groups in total. The van der Waals surface area contributed by atoms with Crippen LogP contribution < -0.4 is 15.8 Å². The van der Waals surface area contributed by atoms with Gasteiger partial charge in [-0.25, -0.2) is 0 Å². The highest BCUT2D eigenvalue weighted by molar-refractivity contribution is 14.0. The number of benzene rings is 1. The van der Waals surface area contributed by atoms with E-state index >= 15 is 0 Å². The van der Waals surface area contributed by atoms with Crippen molar-refractivity contribution in [2.45, 2.75) is 12.8 Å². The van der Waals surface area contributed by atoms with Crippen LogP contribution in [0.15, 0.2) is 29.3 Å². The topological polar surface area (TPSA) is 62.9 Å². The molecule has 0 aliphatic carbocycles. The summed E-state index contributed by atoms with van der Waals surface area (Å²) >= 11 is 0. The average molecular weight is 404 g/mol. The fourth-order valence-electron chi connectivity index (χ4n) is 2.33. The molecule has 0 amide bonds. The molecule has 118 valence electrons. The molecule has 1 aromatic rings. The predicted molar refractivity (Wildman–Crippen MR) is 98.7 cm³/mol. The van der Waals surface area contributed by atoms with Crippen molar-refractivity contribution >= 4 is 35.6 Å². The number of hydrogen-bond donors (Lipinski definition) is 2. The molecule has 1 heterocycles. The maximum Gasteiger partial charge on any atom is 0.193 e. The van der Waals surface area contributed by atoms with E-state index in [9.17, 15) is 0 Å². The summed E-state index contributed by atoms with van der Waals surface area (Å²) in [6, 6.07) is 7.65. The predicted octanol–water partition coefficient (Wildman–Crippen LogP) is 2.38. The van der Waals surface area contributed by atoms with Gasteiger partial charge < -0.3 is 20.7 Å². The summed E-state index contributed by atoms with van der Waals surface area (Å²) in [6.07, 6.45) is 2.41. The summed E-state index contributed by atoms with van der Waals surface area (Å²) in [5.41, 5.74) is 6.84. The first-order chi connectivity index (χ1) is 9.67. The van der Waals surface area contributed by atoms with E-state index < -0.39 is 0 Å². The molecule has 6 heteroatoms. The van der Waals surface area contributed by atoms with Crippen LogP contribution in [0.5, 0.6) is 5.75 Å². The van der Waals surface area contributed by atoms with E-state index in [2.05, 4.69) is 22.3 Å². The Hall–Kier alpha value is -1.02. The second-order valence-electron chi connectivity index (χ2n) is 5.33. The number of halogens is 1. The van der Waals surface area contributed by atoms with Crippen LogP contribution in [-0.4, -0.2) is 44.7 Å². The number of rotatable bonds is 4. The van der Waals surface area contributed by atoms with E-state index in [1.54, 1.807) is 7.11 Å². The Morgan fingerprint density at radius 1 is 1.33 bits per heavy atom. The molecule has 0 radical (unpaired) electrons. The van der Waals surface area contributed by atoms with Crippen LogP contribution >= 0.6 is 24.0 Å². The number of nitrogens with one attached hydrogen (secondary N) is 1. The first-order valence-corrected chi connectivity index (χ1v) is 7.07. The number of ether oxygens (including phenoxy) is 1. The van der Waals surface area contributed by atoms with Gasteiger partial charge in [-0.15, -0.1) is 24.0 Å². The van der Waals surface area contributed by atoms with Gasteiger partial charge in [-0.05, 0) is 63.2 Å². The van der Waals surface area contributed by atoms with E-state index in [1.807, 2.05) is 24.3 Å². The average Bonchev–Trinajstić information content (AvgIpc) is 2.47. The lowest BCUT2D eigenvalue weighted by atomic mass is 9.97. The van der Waals surface area contributed by atoms with Gasteiger partial charge in [-0.3, -0.25) is 4.99 Å². The largest absolute Gasteiger partial charge is 0.497 e. The third-order valence-electron chi connectivity index (χ3n) is 3.72.